The Kier molecular flexibility index (Phi) is 8.97. The van der Waals surface area contributed by atoms with Gasteiger partial charge in [0.15, 0.2) is 0 Å². The van der Waals surface area contributed by atoms with Gasteiger partial charge in [-0.1, -0.05) is 48.0 Å². The lowest BCUT2D eigenvalue weighted by Gasteiger charge is -2.28. The third kappa shape index (κ3) is 8.40. The van der Waals surface area contributed by atoms with Crippen molar-refractivity contribution in [3.05, 3.63) is 65.7 Å². The molecule has 2 aromatic carbocycles. The fourth-order valence-electron chi connectivity index (χ4n) is 4.10. The van der Waals surface area contributed by atoms with Gasteiger partial charge >= 0.3 is 12.1 Å². The highest BCUT2D eigenvalue weighted by Crippen LogP contribution is 2.23. The number of alkyl carbamates (subject to hydrolysis) is 1. The molecule has 1 aliphatic rings. The predicted octanol–water partition coefficient (Wildman–Crippen LogP) is 5.77. The van der Waals surface area contributed by atoms with Crippen LogP contribution >= 0.6 is 0 Å². The van der Waals surface area contributed by atoms with Gasteiger partial charge < -0.3 is 19.7 Å². The van der Waals surface area contributed by atoms with E-state index < -0.39 is 17.7 Å². The fraction of sp³-hybridized carbons (Fsp3) is 0.500. The molecule has 0 bridgehead atoms. The second-order valence-corrected chi connectivity index (χ2v) is 10.1. The summed E-state index contributed by atoms with van der Waals surface area (Å²) >= 11 is 0. The van der Waals surface area contributed by atoms with Crippen LogP contribution in [0.5, 0.6) is 0 Å². The number of rotatable bonds is 9. The van der Waals surface area contributed by atoms with Crippen LogP contribution in [0.4, 0.5) is 10.5 Å². The van der Waals surface area contributed by atoms with Gasteiger partial charge in [-0.15, -0.1) is 0 Å². The molecule has 1 N–H and O–H groups in total. The third-order valence-electron chi connectivity index (χ3n) is 5.86. The van der Waals surface area contributed by atoms with Crippen molar-refractivity contribution in [3.8, 4) is 0 Å². The normalized spacial score (nSPS) is 14.9. The minimum atomic E-state index is -0.779. The van der Waals surface area contributed by atoms with Gasteiger partial charge in [0.1, 0.15) is 17.7 Å². The lowest BCUT2D eigenvalue weighted by atomic mass is 10.1. The summed E-state index contributed by atoms with van der Waals surface area (Å²) in [5.41, 5.74) is 2.78. The monoisotopic (exact) mass is 466 g/mol. The minimum absolute atomic E-state index is 0.0621. The number of nitrogens with one attached hydrogen (secondary N) is 1. The molecule has 6 heteroatoms. The molecule has 0 aromatic heterocycles. The van der Waals surface area contributed by atoms with Crippen LogP contribution in [0.2, 0.25) is 0 Å². The lowest BCUT2D eigenvalue weighted by Crippen LogP contribution is -2.46. The number of aryl methyl sites for hydroxylation is 1. The summed E-state index contributed by atoms with van der Waals surface area (Å²) in [4.78, 5) is 27.8. The molecule has 0 heterocycles. The Morgan fingerprint density at radius 3 is 2.29 bits per heavy atom. The van der Waals surface area contributed by atoms with Crippen LogP contribution in [0.1, 0.15) is 64.0 Å². The van der Waals surface area contributed by atoms with E-state index in [4.69, 9.17) is 9.47 Å². The average Bonchev–Trinajstić information content (AvgIpc) is 3.28. The molecule has 0 saturated heterocycles. The van der Waals surface area contributed by atoms with Gasteiger partial charge in [-0.05, 0) is 77.5 Å². The quantitative estimate of drug-likeness (QED) is 0.475. The Hall–Kier alpha value is -3.02. The summed E-state index contributed by atoms with van der Waals surface area (Å²) in [5, 5.41) is 2.76. The second-order valence-electron chi connectivity index (χ2n) is 10.1. The summed E-state index contributed by atoms with van der Waals surface area (Å²) in [6, 6.07) is 17.8. The van der Waals surface area contributed by atoms with Gasteiger partial charge in [0.05, 0.1) is 0 Å². The van der Waals surface area contributed by atoms with E-state index in [2.05, 4.69) is 53.5 Å². The van der Waals surface area contributed by atoms with Gasteiger partial charge in [-0.3, -0.25) is 0 Å². The smallest absolute Gasteiger partial charge is 0.408 e. The highest BCUT2D eigenvalue weighted by molar-refractivity contribution is 5.81. The zero-order valence-electron chi connectivity index (χ0n) is 20.9. The van der Waals surface area contributed by atoms with E-state index in [9.17, 15) is 9.59 Å². The van der Waals surface area contributed by atoms with Crippen molar-refractivity contribution in [1.82, 2.24) is 5.32 Å². The van der Waals surface area contributed by atoms with Crippen molar-refractivity contribution in [2.75, 3.05) is 11.4 Å². The number of esters is 1. The summed E-state index contributed by atoms with van der Waals surface area (Å²) in [6.45, 7) is 8.73. The molecule has 0 radical (unpaired) electrons. The van der Waals surface area contributed by atoms with Gasteiger partial charge in [-0.2, -0.15) is 0 Å². The predicted molar refractivity (Wildman–Crippen MR) is 135 cm³/mol. The van der Waals surface area contributed by atoms with Crippen LogP contribution in [0.25, 0.3) is 0 Å². The van der Waals surface area contributed by atoms with E-state index >= 15 is 0 Å². The Morgan fingerprint density at radius 2 is 1.68 bits per heavy atom. The van der Waals surface area contributed by atoms with Crippen molar-refractivity contribution in [2.45, 2.75) is 84.1 Å². The van der Waals surface area contributed by atoms with E-state index in [1.54, 1.807) is 20.8 Å². The standard InChI is InChI=1S/C28H38N2O4/c1-21-14-16-23(17-15-21)30(20-22-10-6-5-7-11-22)19-18-25(29-27(32)34-28(2,3)4)26(31)33-24-12-8-9-13-24/h5-7,10-11,14-17,24-25H,8-9,12-13,18-20H2,1-4H3,(H,29,32)/t25-/m0/s1. The number of carbonyl (C=O) groups is 2. The summed E-state index contributed by atoms with van der Waals surface area (Å²) in [7, 11) is 0. The highest BCUT2D eigenvalue weighted by Gasteiger charge is 2.29. The van der Waals surface area contributed by atoms with Gasteiger partial charge in [0.25, 0.3) is 0 Å². The van der Waals surface area contributed by atoms with Gasteiger partial charge in [0.2, 0.25) is 0 Å². The molecule has 0 unspecified atom stereocenters. The molecule has 0 spiro atoms. The van der Waals surface area contributed by atoms with Crippen molar-refractivity contribution >= 4 is 17.7 Å². The minimum Gasteiger partial charge on any atom is -0.461 e. The number of hydrogen-bond donors (Lipinski definition) is 1. The topological polar surface area (TPSA) is 67.9 Å². The first-order valence-corrected chi connectivity index (χ1v) is 12.3. The summed E-state index contributed by atoms with van der Waals surface area (Å²) in [5.74, 6) is -0.388. The largest absolute Gasteiger partial charge is 0.461 e. The van der Waals surface area contributed by atoms with Crippen molar-refractivity contribution in [1.29, 1.82) is 0 Å². The van der Waals surface area contributed by atoms with Crippen molar-refractivity contribution in [2.24, 2.45) is 0 Å². The summed E-state index contributed by atoms with van der Waals surface area (Å²) < 4.78 is 11.2. The Balaban J connectivity index is 1.74. The number of anilines is 1. The number of nitrogens with zero attached hydrogens (tertiary/aromatic N) is 1. The van der Waals surface area contributed by atoms with Crippen LogP contribution in [-0.4, -0.2) is 36.4 Å². The lowest BCUT2D eigenvalue weighted by molar-refractivity contribution is -0.151. The van der Waals surface area contributed by atoms with Crippen molar-refractivity contribution < 1.29 is 19.1 Å². The molecular formula is C28H38N2O4. The molecule has 184 valence electrons. The van der Waals surface area contributed by atoms with E-state index in [0.717, 1.165) is 31.4 Å². The van der Waals surface area contributed by atoms with Crippen LogP contribution in [0.15, 0.2) is 54.6 Å². The van der Waals surface area contributed by atoms with E-state index in [0.29, 0.717) is 19.5 Å². The Bertz CT molecular complexity index is 916. The molecule has 1 atom stereocenters. The zero-order valence-corrected chi connectivity index (χ0v) is 20.9. The maximum absolute atomic E-state index is 13.0. The SMILES string of the molecule is Cc1ccc(N(CC[C@H](NC(=O)OC(C)(C)C)C(=O)OC2CCCC2)Cc2ccccc2)cc1. The second kappa shape index (κ2) is 11.9. The average molecular weight is 467 g/mol. The van der Waals surface area contributed by atoms with E-state index in [1.807, 2.05) is 18.2 Å². The fourth-order valence-corrected chi connectivity index (χ4v) is 4.10. The molecular weight excluding hydrogens is 428 g/mol. The Morgan fingerprint density at radius 1 is 1.03 bits per heavy atom. The first kappa shape index (κ1) is 25.6. The number of hydrogen-bond acceptors (Lipinski definition) is 5. The molecule has 1 fully saturated rings. The highest BCUT2D eigenvalue weighted by atomic mass is 16.6. The van der Waals surface area contributed by atoms with Crippen LogP contribution in [-0.2, 0) is 20.8 Å². The molecule has 34 heavy (non-hydrogen) atoms. The number of ether oxygens (including phenoxy) is 2. The van der Waals surface area contributed by atoms with Gasteiger partial charge in [0, 0.05) is 18.8 Å². The van der Waals surface area contributed by atoms with E-state index in [1.165, 1.54) is 11.1 Å². The van der Waals surface area contributed by atoms with Crippen molar-refractivity contribution in [3.63, 3.8) is 0 Å². The van der Waals surface area contributed by atoms with Crippen LogP contribution < -0.4 is 10.2 Å². The molecule has 0 aliphatic heterocycles. The molecule has 1 saturated carbocycles. The summed E-state index contributed by atoms with van der Waals surface area (Å²) in [6.07, 6.45) is 3.65. The molecule has 3 rings (SSSR count). The zero-order chi connectivity index (χ0) is 24.6. The first-order chi connectivity index (χ1) is 16.2. The maximum Gasteiger partial charge on any atom is 0.408 e. The van der Waals surface area contributed by atoms with Gasteiger partial charge in [-0.25, -0.2) is 9.59 Å². The third-order valence-corrected chi connectivity index (χ3v) is 5.86. The number of amides is 1. The van der Waals surface area contributed by atoms with Crippen LogP contribution in [0, 0.1) is 6.92 Å². The molecule has 6 nitrogen and oxygen atoms in total. The molecule has 1 aliphatic carbocycles. The Labute approximate surface area is 203 Å². The first-order valence-electron chi connectivity index (χ1n) is 12.3. The van der Waals surface area contributed by atoms with E-state index in [-0.39, 0.29) is 12.1 Å². The molecule has 1 amide bonds. The number of carbonyl (C=O) groups excluding carboxylic acids is 2. The van der Waals surface area contributed by atoms with Crippen LogP contribution in [0.3, 0.4) is 0 Å². The maximum atomic E-state index is 13.0. The number of benzene rings is 2. The molecule has 2 aromatic rings.